The van der Waals surface area contributed by atoms with E-state index in [0.29, 0.717) is 5.56 Å². The summed E-state index contributed by atoms with van der Waals surface area (Å²) in [5.74, 6) is -1.20. The number of hydrogen-bond acceptors (Lipinski definition) is 3. The number of anilines is 1. The summed E-state index contributed by atoms with van der Waals surface area (Å²) in [6.45, 7) is 0. The van der Waals surface area contributed by atoms with E-state index in [2.05, 4.69) is 0 Å². The van der Waals surface area contributed by atoms with Crippen molar-refractivity contribution in [1.29, 1.82) is 0 Å². The molecule has 0 fully saturated rings. The molecule has 0 spiro atoms. The van der Waals surface area contributed by atoms with Crippen molar-refractivity contribution in [3.05, 3.63) is 65.7 Å². The molecule has 1 N–H and O–H groups in total. The minimum atomic E-state index is -4.60. The molecule has 2 rings (SSSR count). The maximum atomic E-state index is 12.8. The Hall–Kier alpha value is -2.81. The van der Waals surface area contributed by atoms with Gasteiger partial charge < -0.3 is 5.11 Å². The molecule has 2 aromatic rings. The second-order valence-electron chi connectivity index (χ2n) is 5.26. The SMILES string of the molecule is CN(c1cccc(C(F)(F)F)c1)S(=O)(=O)c1cccc(/C=C/C(=O)O)c1. The number of sulfonamides is 1. The largest absolute Gasteiger partial charge is 0.478 e. The van der Waals surface area contributed by atoms with Crippen LogP contribution in [-0.4, -0.2) is 26.5 Å². The minimum Gasteiger partial charge on any atom is -0.478 e. The molecule has 2 aromatic carbocycles. The predicted molar refractivity (Wildman–Crippen MR) is 90.1 cm³/mol. The van der Waals surface area contributed by atoms with Crippen LogP contribution in [0.3, 0.4) is 0 Å². The van der Waals surface area contributed by atoms with E-state index in [1.165, 1.54) is 36.4 Å². The Morgan fingerprint density at radius 1 is 1.12 bits per heavy atom. The first-order chi connectivity index (χ1) is 12.0. The Labute approximate surface area is 148 Å². The predicted octanol–water partition coefficient (Wildman–Crippen LogP) is 3.63. The lowest BCUT2D eigenvalue weighted by Gasteiger charge is -2.21. The Bertz CT molecular complexity index is 952. The summed E-state index contributed by atoms with van der Waals surface area (Å²) >= 11 is 0. The van der Waals surface area contributed by atoms with E-state index in [9.17, 15) is 26.4 Å². The summed E-state index contributed by atoms with van der Waals surface area (Å²) in [7, 11) is -2.99. The van der Waals surface area contributed by atoms with Crippen LogP contribution in [0.4, 0.5) is 18.9 Å². The number of rotatable bonds is 5. The number of carboxylic acid groups (broad SMARTS) is 1. The number of benzene rings is 2. The topological polar surface area (TPSA) is 74.7 Å². The average molecular weight is 385 g/mol. The third-order valence-electron chi connectivity index (χ3n) is 3.47. The lowest BCUT2D eigenvalue weighted by Crippen LogP contribution is -2.27. The van der Waals surface area contributed by atoms with Gasteiger partial charge in [0.1, 0.15) is 0 Å². The lowest BCUT2D eigenvalue weighted by atomic mass is 10.2. The fraction of sp³-hybridized carbons (Fsp3) is 0.118. The molecule has 0 aromatic heterocycles. The molecule has 0 saturated heterocycles. The molecule has 0 amide bonds. The van der Waals surface area contributed by atoms with Crippen molar-refractivity contribution >= 4 is 27.8 Å². The highest BCUT2D eigenvalue weighted by Crippen LogP contribution is 2.32. The molecular weight excluding hydrogens is 371 g/mol. The van der Waals surface area contributed by atoms with Crippen molar-refractivity contribution in [1.82, 2.24) is 0 Å². The van der Waals surface area contributed by atoms with Crippen LogP contribution in [-0.2, 0) is 21.0 Å². The van der Waals surface area contributed by atoms with Crippen molar-refractivity contribution in [2.75, 3.05) is 11.4 Å². The first kappa shape index (κ1) is 19.5. The van der Waals surface area contributed by atoms with Gasteiger partial charge in [-0.05, 0) is 42.0 Å². The molecule has 0 saturated carbocycles. The van der Waals surface area contributed by atoms with Gasteiger partial charge in [-0.1, -0.05) is 18.2 Å². The maximum absolute atomic E-state index is 12.8. The van der Waals surface area contributed by atoms with E-state index in [-0.39, 0.29) is 10.6 Å². The molecule has 26 heavy (non-hydrogen) atoms. The molecule has 0 aliphatic heterocycles. The third kappa shape index (κ3) is 4.42. The van der Waals surface area contributed by atoms with Gasteiger partial charge in [0.05, 0.1) is 16.1 Å². The van der Waals surface area contributed by atoms with Crippen LogP contribution in [0.25, 0.3) is 6.08 Å². The molecular formula is C17H14F3NO4S. The zero-order chi connectivity index (χ0) is 19.5. The second kappa shape index (κ2) is 7.20. The Morgan fingerprint density at radius 3 is 2.38 bits per heavy atom. The van der Waals surface area contributed by atoms with E-state index >= 15 is 0 Å². The van der Waals surface area contributed by atoms with Crippen LogP contribution in [0.1, 0.15) is 11.1 Å². The smallest absolute Gasteiger partial charge is 0.416 e. The monoisotopic (exact) mass is 385 g/mol. The van der Waals surface area contributed by atoms with Crippen LogP contribution in [0, 0.1) is 0 Å². The number of halogens is 3. The van der Waals surface area contributed by atoms with Crippen LogP contribution < -0.4 is 4.31 Å². The van der Waals surface area contributed by atoms with E-state index in [1.807, 2.05) is 0 Å². The summed E-state index contributed by atoms with van der Waals surface area (Å²) < 4.78 is 64.6. The first-order valence-electron chi connectivity index (χ1n) is 7.19. The van der Waals surface area contributed by atoms with Gasteiger partial charge in [-0.2, -0.15) is 13.2 Å². The molecule has 0 unspecified atom stereocenters. The number of carbonyl (C=O) groups is 1. The summed E-state index contributed by atoms with van der Waals surface area (Å²) in [6.07, 6.45) is -2.53. The molecule has 5 nitrogen and oxygen atoms in total. The Morgan fingerprint density at radius 2 is 1.77 bits per heavy atom. The number of aliphatic carboxylic acids is 1. The van der Waals surface area contributed by atoms with Crippen LogP contribution in [0.15, 0.2) is 59.5 Å². The lowest BCUT2D eigenvalue weighted by molar-refractivity contribution is -0.137. The summed E-state index contributed by atoms with van der Waals surface area (Å²) in [5.41, 5.74) is -0.785. The van der Waals surface area contributed by atoms with Gasteiger partial charge in [-0.3, -0.25) is 4.31 Å². The quantitative estimate of drug-likeness (QED) is 0.798. The zero-order valence-electron chi connectivity index (χ0n) is 13.4. The van der Waals surface area contributed by atoms with Crippen molar-refractivity contribution in [3.63, 3.8) is 0 Å². The molecule has 0 radical (unpaired) electrons. The number of nitrogens with zero attached hydrogens (tertiary/aromatic N) is 1. The molecule has 0 atom stereocenters. The fourth-order valence-electron chi connectivity index (χ4n) is 2.12. The molecule has 9 heteroatoms. The van der Waals surface area contributed by atoms with Gasteiger partial charge in [-0.15, -0.1) is 0 Å². The number of hydrogen-bond donors (Lipinski definition) is 1. The Balaban J connectivity index is 2.41. The van der Waals surface area contributed by atoms with E-state index < -0.39 is 27.7 Å². The highest BCUT2D eigenvalue weighted by Gasteiger charge is 2.31. The summed E-state index contributed by atoms with van der Waals surface area (Å²) in [6, 6.07) is 9.39. The second-order valence-corrected chi connectivity index (χ2v) is 7.23. The van der Waals surface area contributed by atoms with Crippen LogP contribution >= 0.6 is 0 Å². The Kier molecular flexibility index (Phi) is 5.41. The number of carboxylic acids is 1. The molecule has 0 aliphatic carbocycles. The van der Waals surface area contributed by atoms with Gasteiger partial charge in [0.2, 0.25) is 0 Å². The van der Waals surface area contributed by atoms with Gasteiger partial charge in [0.25, 0.3) is 10.0 Å². The normalized spacial score (nSPS) is 12.3. The fourth-order valence-corrected chi connectivity index (χ4v) is 3.36. The van der Waals surface area contributed by atoms with Crippen molar-refractivity contribution in [2.24, 2.45) is 0 Å². The maximum Gasteiger partial charge on any atom is 0.416 e. The minimum absolute atomic E-state index is 0.147. The molecule has 0 heterocycles. The first-order valence-corrected chi connectivity index (χ1v) is 8.63. The standard InChI is InChI=1S/C17H14F3NO4S/c1-21(14-6-3-5-13(11-14)17(18,19)20)26(24,25)15-7-2-4-12(10-15)8-9-16(22)23/h2-11H,1H3,(H,22,23)/b9-8+. The third-order valence-corrected chi connectivity index (χ3v) is 5.25. The van der Waals surface area contributed by atoms with Crippen molar-refractivity contribution in [2.45, 2.75) is 11.1 Å². The highest BCUT2D eigenvalue weighted by atomic mass is 32.2. The van der Waals surface area contributed by atoms with Gasteiger partial charge in [0, 0.05) is 13.1 Å². The van der Waals surface area contributed by atoms with Crippen molar-refractivity contribution in [3.8, 4) is 0 Å². The highest BCUT2D eigenvalue weighted by molar-refractivity contribution is 7.92. The summed E-state index contributed by atoms with van der Waals surface area (Å²) in [4.78, 5) is 10.4. The van der Waals surface area contributed by atoms with E-state index in [4.69, 9.17) is 5.11 Å². The molecule has 138 valence electrons. The van der Waals surface area contributed by atoms with Crippen molar-refractivity contribution < 1.29 is 31.5 Å². The van der Waals surface area contributed by atoms with Crippen LogP contribution in [0.2, 0.25) is 0 Å². The van der Waals surface area contributed by atoms with E-state index in [0.717, 1.165) is 35.6 Å². The summed E-state index contributed by atoms with van der Waals surface area (Å²) in [5, 5.41) is 8.63. The number of alkyl halides is 3. The van der Waals surface area contributed by atoms with Crippen LogP contribution in [0.5, 0.6) is 0 Å². The zero-order valence-corrected chi connectivity index (χ0v) is 14.3. The van der Waals surface area contributed by atoms with Gasteiger partial charge in [0.15, 0.2) is 0 Å². The molecule has 0 bridgehead atoms. The average Bonchev–Trinajstić information content (AvgIpc) is 2.59. The van der Waals surface area contributed by atoms with E-state index in [1.54, 1.807) is 0 Å². The molecule has 0 aliphatic rings. The van der Waals surface area contributed by atoms with Gasteiger partial charge >= 0.3 is 12.1 Å². The van der Waals surface area contributed by atoms with Gasteiger partial charge in [-0.25, -0.2) is 13.2 Å².